The van der Waals surface area contributed by atoms with E-state index in [0.717, 1.165) is 0 Å². The van der Waals surface area contributed by atoms with Crippen LogP contribution in [0.3, 0.4) is 0 Å². The molecule has 0 bridgehead atoms. The van der Waals surface area contributed by atoms with Crippen LogP contribution in [0.15, 0.2) is 18.2 Å². The highest BCUT2D eigenvalue weighted by atomic mass is 19.4. The van der Waals surface area contributed by atoms with Crippen LogP contribution in [0, 0.1) is 5.82 Å². The summed E-state index contributed by atoms with van der Waals surface area (Å²) in [5, 5.41) is 2.93. The molecular weight excluding hydrogens is 298 g/mol. The number of rotatable bonds is 3. The molecule has 0 unspecified atom stereocenters. The van der Waals surface area contributed by atoms with Crippen LogP contribution >= 0.6 is 0 Å². The summed E-state index contributed by atoms with van der Waals surface area (Å²) < 4.78 is 78.8. The van der Waals surface area contributed by atoms with Crippen LogP contribution in [-0.4, -0.2) is 37.5 Å². The monoisotopic (exact) mass is 312 g/mol. The summed E-state index contributed by atoms with van der Waals surface area (Å²) in [4.78, 5) is 1.26. The molecule has 1 heterocycles. The van der Waals surface area contributed by atoms with Gasteiger partial charge in [-0.25, -0.2) is 13.2 Å². The van der Waals surface area contributed by atoms with Crippen molar-refractivity contribution < 1.29 is 26.3 Å². The molecule has 1 saturated heterocycles. The maximum absolute atomic E-state index is 13.3. The van der Waals surface area contributed by atoms with E-state index in [9.17, 15) is 26.3 Å². The second kappa shape index (κ2) is 6.23. The fourth-order valence-electron chi connectivity index (χ4n) is 2.49. The van der Waals surface area contributed by atoms with Crippen LogP contribution in [0.4, 0.5) is 26.3 Å². The first-order valence-electron chi connectivity index (χ1n) is 6.40. The maximum Gasteiger partial charge on any atom is 0.416 e. The standard InChI is InChI=1S/C13H14F6N2/c14-8-1-2-10(13(17,18)19)9(7-8)11(12(15)16)21-5-3-20-4-6-21/h1-2,7,11-12,20H,3-6H2/t11-/m1/s1. The fourth-order valence-corrected chi connectivity index (χ4v) is 2.49. The van der Waals surface area contributed by atoms with E-state index in [1.807, 2.05) is 0 Å². The molecule has 0 aromatic heterocycles. The van der Waals surface area contributed by atoms with Gasteiger partial charge in [-0.3, -0.25) is 4.90 Å². The zero-order valence-corrected chi connectivity index (χ0v) is 10.9. The zero-order valence-electron chi connectivity index (χ0n) is 10.9. The number of nitrogens with one attached hydrogen (secondary N) is 1. The number of nitrogens with zero attached hydrogens (tertiary/aromatic N) is 1. The fraction of sp³-hybridized carbons (Fsp3) is 0.538. The number of piperazine rings is 1. The molecular formula is C13H14F6N2. The van der Waals surface area contributed by atoms with Crippen LogP contribution in [0.5, 0.6) is 0 Å². The van der Waals surface area contributed by atoms with Gasteiger partial charge < -0.3 is 5.32 Å². The Labute approximate surface area is 117 Å². The van der Waals surface area contributed by atoms with Crippen molar-refractivity contribution in [1.29, 1.82) is 0 Å². The molecule has 2 rings (SSSR count). The summed E-state index contributed by atoms with van der Waals surface area (Å²) in [7, 11) is 0. The van der Waals surface area contributed by atoms with Gasteiger partial charge in [-0.15, -0.1) is 0 Å². The first kappa shape index (κ1) is 16.1. The van der Waals surface area contributed by atoms with Gasteiger partial charge in [0.25, 0.3) is 6.43 Å². The van der Waals surface area contributed by atoms with Crippen molar-refractivity contribution in [2.45, 2.75) is 18.6 Å². The predicted octanol–water partition coefficient (Wildman–Crippen LogP) is 3.06. The predicted molar refractivity (Wildman–Crippen MR) is 64.6 cm³/mol. The van der Waals surface area contributed by atoms with Crippen LogP contribution in [0.25, 0.3) is 0 Å². The molecule has 0 saturated carbocycles. The van der Waals surface area contributed by atoms with E-state index in [-0.39, 0.29) is 13.1 Å². The highest BCUT2D eigenvalue weighted by Crippen LogP contribution is 2.39. The Morgan fingerprint density at radius 3 is 2.24 bits per heavy atom. The molecule has 1 aromatic rings. The smallest absolute Gasteiger partial charge is 0.314 e. The number of hydrogen-bond donors (Lipinski definition) is 1. The lowest BCUT2D eigenvalue weighted by atomic mass is 9.98. The van der Waals surface area contributed by atoms with Gasteiger partial charge in [-0.2, -0.15) is 13.2 Å². The van der Waals surface area contributed by atoms with E-state index in [2.05, 4.69) is 5.32 Å². The minimum absolute atomic E-state index is 0.183. The second-order valence-corrected chi connectivity index (χ2v) is 4.79. The molecule has 0 radical (unpaired) electrons. The maximum atomic E-state index is 13.3. The topological polar surface area (TPSA) is 15.3 Å². The van der Waals surface area contributed by atoms with E-state index in [1.165, 1.54) is 4.90 Å². The van der Waals surface area contributed by atoms with Gasteiger partial charge in [-0.1, -0.05) is 0 Å². The van der Waals surface area contributed by atoms with Crippen molar-refractivity contribution in [3.63, 3.8) is 0 Å². The molecule has 1 atom stereocenters. The summed E-state index contributed by atoms with van der Waals surface area (Å²) in [5.74, 6) is -0.959. The van der Waals surface area contributed by atoms with Crippen LogP contribution in [0.2, 0.25) is 0 Å². The number of alkyl halides is 5. The first-order valence-corrected chi connectivity index (χ1v) is 6.40. The summed E-state index contributed by atoms with van der Waals surface area (Å²) in [6.45, 7) is 1.17. The number of benzene rings is 1. The number of hydrogen-bond acceptors (Lipinski definition) is 2. The molecule has 1 aliphatic heterocycles. The molecule has 2 nitrogen and oxygen atoms in total. The third kappa shape index (κ3) is 3.68. The zero-order chi connectivity index (χ0) is 15.6. The van der Waals surface area contributed by atoms with Gasteiger partial charge in [0.1, 0.15) is 5.82 Å². The van der Waals surface area contributed by atoms with Gasteiger partial charge in [0, 0.05) is 26.2 Å². The van der Waals surface area contributed by atoms with Crippen molar-refractivity contribution in [3.8, 4) is 0 Å². The second-order valence-electron chi connectivity index (χ2n) is 4.79. The largest absolute Gasteiger partial charge is 0.416 e. The van der Waals surface area contributed by atoms with E-state index in [4.69, 9.17) is 0 Å². The molecule has 21 heavy (non-hydrogen) atoms. The average Bonchev–Trinajstić information content (AvgIpc) is 2.38. The Kier molecular flexibility index (Phi) is 4.77. The van der Waals surface area contributed by atoms with Crippen molar-refractivity contribution in [2.75, 3.05) is 26.2 Å². The highest BCUT2D eigenvalue weighted by Gasteiger charge is 2.40. The van der Waals surface area contributed by atoms with E-state index >= 15 is 0 Å². The van der Waals surface area contributed by atoms with Gasteiger partial charge in [-0.05, 0) is 23.8 Å². The summed E-state index contributed by atoms with van der Waals surface area (Å²) >= 11 is 0. The SMILES string of the molecule is Fc1ccc(C(F)(F)F)c([C@H](C(F)F)N2CCNCC2)c1. The molecule has 0 aliphatic carbocycles. The van der Waals surface area contributed by atoms with Gasteiger partial charge in [0.15, 0.2) is 0 Å². The molecule has 8 heteroatoms. The van der Waals surface area contributed by atoms with Crippen molar-refractivity contribution in [3.05, 3.63) is 35.1 Å². The minimum Gasteiger partial charge on any atom is -0.314 e. The van der Waals surface area contributed by atoms with Gasteiger partial charge in [0.2, 0.25) is 0 Å². The minimum atomic E-state index is -4.80. The first-order chi connectivity index (χ1) is 9.80. The Balaban J connectivity index is 2.46. The van der Waals surface area contributed by atoms with Gasteiger partial charge >= 0.3 is 6.18 Å². The Bertz CT molecular complexity index is 482. The molecule has 0 spiro atoms. The Morgan fingerprint density at radius 2 is 1.71 bits per heavy atom. The van der Waals surface area contributed by atoms with Crippen molar-refractivity contribution >= 4 is 0 Å². The van der Waals surface area contributed by atoms with Crippen LogP contribution in [0.1, 0.15) is 17.2 Å². The lowest BCUT2D eigenvalue weighted by molar-refractivity contribution is -0.139. The van der Waals surface area contributed by atoms with Crippen molar-refractivity contribution in [2.24, 2.45) is 0 Å². The van der Waals surface area contributed by atoms with Gasteiger partial charge in [0.05, 0.1) is 11.6 Å². The lowest BCUT2D eigenvalue weighted by Crippen LogP contribution is -2.47. The normalized spacial score (nSPS) is 19.0. The Hall–Kier alpha value is -1.28. The Morgan fingerprint density at radius 1 is 1.10 bits per heavy atom. The summed E-state index contributed by atoms with van der Waals surface area (Å²) in [6.07, 6.45) is -7.84. The highest BCUT2D eigenvalue weighted by molar-refractivity contribution is 5.33. The molecule has 118 valence electrons. The molecule has 1 aromatic carbocycles. The van der Waals surface area contributed by atoms with Crippen LogP contribution < -0.4 is 5.32 Å². The third-order valence-corrected chi connectivity index (χ3v) is 3.42. The average molecular weight is 312 g/mol. The quantitative estimate of drug-likeness (QED) is 0.863. The van der Waals surface area contributed by atoms with E-state index in [1.54, 1.807) is 0 Å². The molecule has 1 N–H and O–H groups in total. The molecule has 1 fully saturated rings. The lowest BCUT2D eigenvalue weighted by Gasteiger charge is -2.35. The molecule has 1 aliphatic rings. The number of halogens is 6. The van der Waals surface area contributed by atoms with Crippen molar-refractivity contribution in [1.82, 2.24) is 10.2 Å². The van der Waals surface area contributed by atoms with E-state index in [0.29, 0.717) is 31.3 Å². The third-order valence-electron chi connectivity index (χ3n) is 3.42. The summed E-state index contributed by atoms with van der Waals surface area (Å²) in [6, 6.07) is -0.0595. The van der Waals surface area contributed by atoms with E-state index < -0.39 is 35.6 Å². The molecule has 0 amide bonds. The summed E-state index contributed by atoms with van der Waals surface area (Å²) in [5.41, 5.74) is -1.92. The van der Waals surface area contributed by atoms with Crippen LogP contribution in [-0.2, 0) is 6.18 Å².